The molecule has 3 N–H and O–H groups in total. The van der Waals surface area contributed by atoms with Crippen LogP contribution in [0.1, 0.15) is 12.0 Å². The summed E-state index contributed by atoms with van der Waals surface area (Å²) in [6.07, 6.45) is 1.94. The maximum Gasteiger partial charge on any atom is 0.323 e. The Morgan fingerprint density at radius 1 is 1.18 bits per heavy atom. The van der Waals surface area contributed by atoms with Crippen molar-refractivity contribution in [3.05, 3.63) is 34.2 Å². The molecule has 0 aliphatic rings. The predicted octanol–water partition coefficient (Wildman–Crippen LogP) is 1.62. The van der Waals surface area contributed by atoms with Crippen LogP contribution in [-0.4, -0.2) is 28.9 Å². The molecule has 0 bridgehead atoms. The van der Waals surface area contributed by atoms with Gasteiger partial charge in [-0.25, -0.2) is 4.79 Å². The van der Waals surface area contributed by atoms with Crippen LogP contribution in [0.5, 0.6) is 0 Å². The first kappa shape index (κ1) is 12.2. The Labute approximate surface area is 104 Å². The molecule has 0 saturated carbocycles. The molecule has 0 aliphatic heterocycles. The minimum atomic E-state index is -0.155. The van der Waals surface area contributed by atoms with Crippen LogP contribution in [0.25, 0.3) is 11.0 Å². The van der Waals surface area contributed by atoms with Crippen molar-refractivity contribution < 1.29 is 0 Å². The minimum Gasteiger partial charge on any atom is -0.316 e. The van der Waals surface area contributed by atoms with Crippen molar-refractivity contribution in [2.24, 2.45) is 0 Å². The van der Waals surface area contributed by atoms with Gasteiger partial charge in [-0.2, -0.15) is 0 Å². The highest BCUT2D eigenvalue weighted by Gasteiger charge is 1.99. The third-order valence-corrected chi connectivity index (χ3v) is 2.93. The normalized spacial score (nSPS) is 11.1. The van der Waals surface area contributed by atoms with Crippen molar-refractivity contribution in [3.63, 3.8) is 0 Å². The lowest BCUT2D eigenvalue weighted by Crippen LogP contribution is -2.18. The molecule has 4 nitrogen and oxygen atoms in total. The number of aromatic nitrogens is 2. The van der Waals surface area contributed by atoms with E-state index in [4.69, 9.17) is 11.6 Å². The Morgan fingerprint density at radius 3 is 2.82 bits per heavy atom. The summed E-state index contributed by atoms with van der Waals surface area (Å²) >= 11 is 5.59. The zero-order valence-corrected chi connectivity index (χ0v) is 10.3. The Hall–Kier alpha value is -1.26. The van der Waals surface area contributed by atoms with Crippen LogP contribution in [0.4, 0.5) is 0 Å². The minimum absolute atomic E-state index is 0.155. The van der Waals surface area contributed by atoms with Crippen LogP contribution in [0.15, 0.2) is 23.0 Å². The fourth-order valence-corrected chi connectivity index (χ4v) is 1.92. The largest absolute Gasteiger partial charge is 0.323 e. The number of rotatable bonds is 6. The highest BCUT2D eigenvalue weighted by atomic mass is 35.5. The zero-order valence-electron chi connectivity index (χ0n) is 9.55. The van der Waals surface area contributed by atoms with E-state index in [-0.39, 0.29) is 5.69 Å². The van der Waals surface area contributed by atoms with E-state index in [1.54, 1.807) is 0 Å². The van der Waals surface area contributed by atoms with Gasteiger partial charge in [0.15, 0.2) is 0 Å². The molecule has 0 radical (unpaired) electrons. The van der Waals surface area contributed by atoms with Crippen LogP contribution in [0, 0.1) is 0 Å². The molecular formula is C12H16ClN3O. The first-order valence-electron chi connectivity index (χ1n) is 5.77. The maximum absolute atomic E-state index is 11.1. The van der Waals surface area contributed by atoms with Crippen LogP contribution < -0.4 is 11.0 Å². The molecule has 1 aromatic heterocycles. The summed E-state index contributed by atoms with van der Waals surface area (Å²) in [6, 6.07) is 5.98. The summed E-state index contributed by atoms with van der Waals surface area (Å²) in [5, 5.41) is 3.32. The summed E-state index contributed by atoms with van der Waals surface area (Å²) < 4.78 is 0. The Kier molecular flexibility index (Phi) is 4.23. The second-order valence-electron chi connectivity index (χ2n) is 4.00. The van der Waals surface area contributed by atoms with Gasteiger partial charge in [0.05, 0.1) is 11.0 Å². The molecule has 1 heterocycles. The number of benzene rings is 1. The molecule has 0 amide bonds. The van der Waals surface area contributed by atoms with Crippen LogP contribution in [0.3, 0.4) is 0 Å². The van der Waals surface area contributed by atoms with Gasteiger partial charge >= 0.3 is 5.69 Å². The lowest BCUT2D eigenvalue weighted by atomic mass is 10.1. The lowest BCUT2D eigenvalue weighted by Gasteiger charge is -2.03. The molecule has 92 valence electrons. The van der Waals surface area contributed by atoms with Crippen molar-refractivity contribution >= 4 is 22.6 Å². The number of halogens is 1. The molecule has 0 saturated heterocycles. The number of hydrogen-bond donors (Lipinski definition) is 3. The quantitative estimate of drug-likeness (QED) is 0.541. The van der Waals surface area contributed by atoms with Gasteiger partial charge in [-0.1, -0.05) is 6.07 Å². The van der Waals surface area contributed by atoms with E-state index in [0.29, 0.717) is 5.88 Å². The number of imidazole rings is 1. The fourth-order valence-electron chi connectivity index (χ4n) is 1.78. The number of alkyl halides is 1. The Balaban J connectivity index is 1.92. The molecule has 5 heteroatoms. The number of H-pyrrole nitrogens is 2. The summed E-state index contributed by atoms with van der Waals surface area (Å²) in [5.41, 5.74) is 2.78. The molecule has 0 atom stereocenters. The summed E-state index contributed by atoms with van der Waals surface area (Å²) in [5.74, 6) is 0.698. The number of hydrogen-bond acceptors (Lipinski definition) is 2. The van der Waals surface area contributed by atoms with Gasteiger partial charge in [0.25, 0.3) is 0 Å². The standard InChI is InChI=1S/C12H16ClN3O/c13-5-1-6-14-7-4-9-2-3-10-11(8-9)16-12(17)15-10/h2-3,8,14H,1,4-7H2,(H2,15,16,17). The molecule has 0 aliphatic carbocycles. The molecule has 17 heavy (non-hydrogen) atoms. The van der Waals surface area contributed by atoms with Gasteiger partial charge in [0.1, 0.15) is 0 Å². The van der Waals surface area contributed by atoms with Gasteiger partial charge in [-0.3, -0.25) is 0 Å². The van der Waals surface area contributed by atoms with E-state index in [9.17, 15) is 4.79 Å². The van der Waals surface area contributed by atoms with Crippen LogP contribution >= 0.6 is 11.6 Å². The van der Waals surface area contributed by atoms with E-state index in [2.05, 4.69) is 15.3 Å². The summed E-state index contributed by atoms with van der Waals surface area (Å²) in [4.78, 5) is 16.6. The van der Waals surface area contributed by atoms with Crippen molar-refractivity contribution in [3.8, 4) is 0 Å². The monoisotopic (exact) mass is 253 g/mol. The first-order valence-corrected chi connectivity index (χ1v) is 6.30. The lowest BCUT2D eigenvalue weighted by molar-refractivity contribution is 0.673. The van der Waals surface area contributed by atoms with Gasteiger partial charge in [0, 0.05) is 5.88 Å². The van der Waals surface area contributed by atoms with E-state index < -0.39 is 0 Å². The first-order chi connectivity index (χ1) is 8.29. The van der Waals surface area contributed by atoms with Crippen molar-refractivity contribution in [1.82, 2.24) is 15.3 Å². The number of fused-ring (bicyclic) bond motifs is 1. The summed E-state index contributed by atoms with van der Waals surface area (Å²) in [7, 11) is 0. The third-order valence-electron chi connectivity index (χ3n) is 2.66. The zero-order chi connectivity index (χ0) is 12.1. The topological polar surface area (TPSA) is 60.7 Å². The smallest absolute Gasteiger partial charge is 0.316 e. The molecule has 2 rings (SSSR count). The van der Waals surface area contributed by atoms with Gasteiger partial charge in [0.2, 0.25) is 0 Å². The molecule has 0 spiro atoms. The molecule has 2 aromatic rings. The van der Waals surface area contributed by atoms with Crippen molar-refractivity contribution in [2.75, 3.05) is 19.0 Å². The van der Waals surface area contributed by atoms with E-state index >= 15 is 0 Å². The second kappa shape index (κ2) is 5.89. The van der Waals surface area contributed by atoms with Gasteiger partial charge < -0.3 is 15.3 Å². The molecule has 0 unspecified atom stereocenters. The SMILES string of the molecule is O=c1[nH]c2ccc(CCNCCCCl)cc2[nH]1. The Morgan fingerprint density at radius 2 is 2.00 bits per heavy atom. The average molecular weight is 254 g/mol. The van der Waals surface area contributed by atoms with E-state index in [1.807, 2.05) is 18.2 Å². The number of aromatic amines is 2. The van der Waals surface area contributed by atoms with Gasteiger partial charge in [-0.05, 0) is 43.6 Å². The number of nitrogens with one attached hydrogen (secondary N) is 3. The summed E-state index contributed by atoms with van der Waals surface area (Å²) in [6.45, 7) is 1.88. The molecular weight excluding hydrogens is 238 g/mol. The Bertz CT molecular complexity index is 532. The average Bonchev–Trinajstić information content (AvgIpc) is 2.68. The molecule has 1 aromatic carbocycles. The predicted molar refractivity (Wildman–Crippen MR) is 70.8 cm³/mol. The van der Waals surface area contributed by atoms with Crippen LogP contribution in [0.2, 0.25) is 0 Å². The van der Waals surface area contributed by atoms with E-state index in [1.165, 1.54) is 5.56 Å². The second-order valence-corrected chi connectivity index (χ2v) is 4.38. The molecule has 0 fully saturated rings. The fraction of sp³-hybridized carbons (Fsp3) is 0.417. The van der Waals surface area contributed by atoms with Crippen LogP contribution in [-0.2, 0) is 6.42 Å². The van der Waals surface area contributed by atoms with E-state index in [0.717, 1.165) is 37.0 Å². The maximum atomic E-state index is 11.1. The highest BCUT2D eigenvalue weighted by Crippen LogP contribution is 2.10. The van der Waals surface area contributed by atoms with Crippen molar-refractivity contribution in [2.45, 2.75) is 12.8 Å². The highest BCUT2D eigenvalue weighted by molar-refractivity contribution is 6.17. The van der Waals surface area contributed by atoms with Crippen molar-refractivity contribution in [1.29, 1.82) is 0 Å². The third kappa shape index (κ3) is 3.35. The van der Waals surface area contributed by atoms with Gasteiger partial charge in [-0.15, -0.1) is 11.6 Å².